The molecule has 0 spiro atoms. The van der Waals surface area contributed by atoms with E-state index in [0.29, 0.717) is 0 Å². The molecule has 0 saturated heterocycles. The average Bonchev–Trinajstić information content (AvgIpc) is 2.12. The Morgan fingerprint density at radius 1 is 0.733 bits per heavy atom. The number of aliphatic hydroxyl groups excluding tert-OH is 4. The largest absolute Gasteiger partial charge is 0.479 e. The van der Waals surface area contributed by atoms with Crippen LogP contribution in [0, 0.1) is 0 Å². The Morgan fingerprint density at radius 3 is 1.07 bits per heavy atom. The second-order valence-electron chi connectivity index (χ2n) is 2.55. The number of carboxylic acid groups (broad SMARTS) is 2. The van der Waals surface area contributed by atoms with Crippen LogP contribution >= 0.6 is 0 Å². The molecule has 0 rings (SSSR count). The monoisotopic (exact) mass is 273 g/mol. The second kappa shape index (κ2) is 6.72. The van der Waals surface area contributed by atoms with E-state index in [4.69, 9.17) is 30.6 Å². The molecule has 6 N–H and O–H groups in total. The van der Waals surface area contributed by atoms with Gasteiger partial charge < -0.3 is 30.6 Å². The van der Waals surface area contributed by atoms with Crippen LogP contribution in [-0.2, 0) is 26.7 Å². The minimum atomic E-state index is -2.36. The fourth-order valence-corrected chi connectivity index (χ4v) is 0.666. The van der Waals surface area contributed by atoms with Gasteiger partial charge in [-0.1, -0.05) is 0 Å². The van der Waals surface area contributed by atoms with Crippen molar-refractivity contribution in [3.8, 4) is 0 Å². The predicted octanol–water partition coefficient (Wildman–Crippen LogP) is -3.40. The summed E-state index contributed by atoms with van der Waals surface area (Å²) in [6.45, 7) is 0. The van der Waals surface area contributed by atoms with Crippen molar-refractivity contribution < 1.29 is 57.3 Å². The van der Waals surface area contributed by atoms with Gasteiger partial charge in [-0.3, -0.25) is 0 Å². The van der Waals surface area contributed by atoms with Gasteiger partial charge in [0.05, 0.1) is 0 Å². The van der Waals surface area contributed by atoms with Gasteiger partial charge in [-0.25, -0.2) is 9.59 Å². The molecule has 0 aromatic heterocycles. The molecule has 0 aromatic carbocycles. The SMILES string of the molecule is O=C(O)[C@@H](O)[C@@H](O)[C@H](O)[C@@H](O)C(=O)O.[Cu]. The molecule has 0 bridgehead atoms. The zero-order valence-corrected chi connectivity index (χ0v) is 8.05. The topological polar surface area (TPSA) is 156 Å². The van der Waals surface area contributed by atoms with Crippen LogP contribution in [0.2, 0.25) is 0 Å². The van der Waals surface area contributed by atoms with Crippen LogP contribution in [0.4, 0.5) is 0 Å². The van der Waals surface area contributed by atoms with Crippen LogP contribution in [0.5, 0.6) is 0 Å². The van der Waals surface area contributed by atoms with Crippen LogP contribution in [0.15, 0.2) is 0 Å². The van der Waals surface area contributed by atoms with E-state index < -0.39 is 36.4 Å². The van der Waals surface area contributed by atoms with Crippen LogP contribution in [0.3, 0.4) is 0 Å². The summed E-state index contributed by atoms with van der Waals surface area (Å²) in [5.74, 6) is -3.68. The minimum Gasteiger partial charge on any atom is -0.479 e. The maximum absolute atomic E-state index is 10.1. The number of hydrogen-bond donors (Lipinski definition) is 6. The van der Waals surface area contributed by atoms with Crippen LogP contribution in [0.1, 0.15) is 0 Å². The third kappa shape index (κ3) is 4.56. The molecule has 0 heterocycles. The molecule has 0 unspecified atom stereocenters. The third-order valence-electron chi connectivity index (χ3n) is 1.50. The van der Waals surface area contributed by atoms with Gasteiger partial charge in [-0.15, -0.1) is 0 Å². The summed E-state index contributed by atoms with van der Waals surface area (Å²) < 4.78 is 0. The van der Waals surface area contributed by atoms with Crippen molar-refractivity contribution in [3.63, 3.8) is 0 Å². The molecule has 15 heavy (non-hydrogen) atoms. The zero-order valence-electron chi connectivity index (χ0n) is 7.11. The molecule has 0 aliphatic rings. The van der Waals surface area contributed by atoms with E-state index in [1.165, 1.54) is 0 Å². The normalized spacial score (nSPS) is 18.1. The summed E-state index contributed by atoms with van der Waals surface area (Å²) in [4.78, 5) is 20.2. The van der Waals surface area contributed by atoms with Gasteiger partial charge in [0.15, 0.2) is 12.2 Å². The van der Waals surface area contributed by atoms with Gasteiger partial charge in [-0.05, 0) is 0 Å². The fraction of sp³-hybridized carbons (Fsp3) is 0.667. The molecule has 1 radical (unpaired) electrons. The second-order valence-corrected chi connectivity index (χ2v) is 2.55. The van der Waals surface area contributed by atoms with E-state index in [1.54, 1.807) is 0 Å². The van der Waals surface area contributed by atoms with Gasteiger partial charge >= 0.3 is 11.9 Å². The zero-order chi connectivity index (χ0) is 11.5. The van der Waals surface area contributed by atoms with Crippen LogP contribution in [-0.4, -0.2) is 67.0 Å². The number of carboxylic acids is 2. The van der Waals surface area contributed by atoms with Crippen LogP contribution in [0.25, 0.3) is 0 Å². The minimum absolute atomic E-state index is 0. The summed E-state index contributed by atoms with van der Waals surface area (Å²) in [5, 5.41) is 51.5. The number of carbonyl (C=O) groups is 2. The van der Waals surface area contributed by atoms with Crippen molar-refractivity contribution in [2.75, 3.05) is 0 Å². The standard InChI is InChI=1S/C6H10O8.Cu/c7-1(3(9)5(11)12)2(8)4(10)6(13)14;/h1-4,7-10H,(H,11,12)(H,13,14);/t1-,2-,3-,4+;/m0./s1. The molecule has 4 atom stereocenters. The van der Waals surface area contributed by atoms with Gasteiger partial charge in [0.25, 0.3) is 0 Å². The smallest absolute Gasteiger partial charge is 0.335 e. The van der Waals surface area contributed by atoms with Gasteiger partial charge in [-0.2, -0.15) is 0 Å². The Bertz CT molecular complexity index is 207. The summed E-state index contributed by atoms with van der Waals surface area (Å²) in [7, 11) is 0. The molecule has 0 saturated carbocycles. The molecule has 0 aliphatic carbocycles. The van der Waals surface area contributed by atoms with Gasteiger partial charge in [0.2, 0.25) is 0 Å². The average molecular weight is 274 g/mol. The summed E-state index contributed by atoms with van der Waals surface area (Å²) in [6.07, 6.45) is -9.28. The first-order valence-corrected chi connectivity index (χ1v) is 3.47. The van der Waals surface area contributed by atoms with E-state index in [1.807, 2.05) is 0 Å². The van der Waals surface area contributed by atoms with E-state index in [-0.39, 0.29) is 17.1 Å². The Hall–Kier alpha value is -0.701. The maximum Gasteiger partial charge on any atom is 0.335 e. The van der Waals surface area contributed by atoms with Crippen molar-refractivity contribution in [1.29, 1.82) is 0 Å². The molecular weight excluding hydrogens is 264 g/mol. The molecule has 9 heteroatoms. The van der Waals surface area contributed by atoms with Crippen molar-refractivity contribution in [2.24, 2.45) is 0 Å². The molecule has 0 aliphatic heterocycles. The van der Waals surface area contributed by atoms with Gasteiger partial charge in [0.1, 0.15) is 12.2 Å². The van der Waals surface area contributed by atoms with Crippen molar-refractivity contribution in [3.05, 3.63) is 0 Å². The van der Waals surface area contributed by atoms with Gasteiger partial charge in [0, 0.05) is 17.1 Å². The Kier molecular flexibility index (Phi) is 7.49. The van der Waals surface area contributed by atoms with Crippen molar-refractivity contribution >= 4 is 11.9 Å². The predicted molar refractivity (Wildman–Crippen MR) is 39.3 cm³/mol. The number of aliphatic hydroxyl groups is 4. The molecule has 0 fully saturated rings. The molecule has 0 aromatic rings. The quantitative estimate of drug-likeness (QED) is 0.283. The number of aliphatic carboxylic acids is 2. The maximum atomic E-state index is 10.1. The van der Waals surface area contributed by atoms with Crippen molar-refractivity contribution in [2.45, 2.75) is 24.4 Å². The Labute approximate surface area is 94.2 Å². The summed E-state index contributed by atoms with van der Waals surface area (Å²) in [6, 6.07) is 0. The van der Waals surface area contributed by atoms with E-state index in [9.17, 15) is 9.59 Å². The van der Waals surface area contributed by atoms with Crippen molar-refractivity contribution in [1.82, 2.24) is 0 Å². The molecular formula is C6H10CuO8. The van der Waals surface area contributed by atoms with Crippen LogP contribution < -0.4 is 0 Å². The summed E-state index contributed by atoms with van der Waals surface area (Å²) >= 11 is 0. The first kappa shape index (κ1) is 16.7. The first-order valence-electron chi connectivity index (χ1n) is 3.47. The molecule has 93 valence electrons. The van der Waals surface area contributed by atoms with E-state index in [2.05, 4.69) is 0 Å². The molecule has 8 nitrogen and oxygen atoms in total. The Morgan fingerprint density at radius 2 is 0.933 bits per heavy atom. The number of rotatable bonds is 5. The first-order chi connectivity index (χ1) is 6.29. The third-order valence-corrected chi connectivity index (χ3v) is 1.50. The fourth-order valence-electron chi connectivity index (χ4n) is 0.666. The Balaban J connectivity index is 0. The molecule has 0 amide bonds. The number of hydrogen-bond acceptors (Lipinski definition) is 6. The summed E-state index contributed by atoms with van der Waals surface area (Å²) in [5.41, 5.74) is 0. The van der Waals surface area contributed by atoms with E-state index in [0.717, 1.165) is 0 Å². The van der Waals surface area contributed by atoms with E-state index >= 15 is 0 Å².